The fourth-order valence-electron chi connectivity index (χ4n) is 4.24. The summed E-state index contributed by atoms with van der Waals surface area (Å²) < 4.78 is 112. The van der Waals surface area contributed by atoms with Gasteiger partial charge in [0.15, 0.2) is 0 Å². The third kappa shape index (κ3) is 6.95. The average molecular weight is 553 g/mol. The maximum atomic E-state index is 13.4. The van der Waals surface area contributed by atoms with E-state index in [0.717, 1.165) is 10.6 Å². The number of nitrogens with zero attached hydrogens (tertiary/aromatic N) is 2. The number of fused-ring (bicyclic) bond motifs is 1. The van der Waals surface area contributed by atoms with E-state index in [4.69, 9.17) is 4.74 Å². The molecule has 0 spiro atoms. The van der Waals surface area contributed by atoms with Crippen LogP contribution >= 0.6 is 0 Å². The SMILES string of the molecule is CC(C)OC(=O)N1CCCC(N(Cc2cc(C(F)(F)F)cc(C(F)(F)F)c2)S(C)(=O)=O)c2ccccc21. The van der Waals surface area contributed by atoms with Crippen molar-refractivity contribution in [2.24, 2.45) is 0 Å². The number of rotatable bonds is 5. The smallest absolute Gasteiger partial charge is 0.416 e. The molecule has 6 nitrogen and oxygen atoms in total. The highest BCUT2D eigenvalue weighted by Gasteiger charge is 2.39. The van der Waals surface area contributed by atoms with Crippen molar-refractivity contribution in [3.05, 3.63) is 64.7 Å². The summed E-state index contributed by atoms with van der Waals surface area (Å²) in [7, 11) is -4.14. The van der Waals surface area contributed by atoms with Crippen LogP contribution in [-0.2, 0) is 33.7 Å². The van der Waals surface area contributed by atoms with Gasteiger partial charge >= 0.3 is 18.4 Å². The van der Waals surface area contributed by atoms with Crippen molar-refractivity contribution in [3.8, 4) is 0 Å². The number of hydrogen-bond donors (Lipinski definition) is 0. The highest BCUT2D eigenvalue weighted by Crippen LogP contribution is 2.41. The molecule has 13 heteroatoms. The Morgan fingerprint density at radius 3 is 2.14 bits per heavy atom. The predicted octanol–water partition coefficient (Wildman–Crippen LogP) is 6.37. The van der Waals surface area contributed by atoms with Crippen molar-refractivity contribution in [2.45, 2.75) is 57.7 Å². The van der Waals surface area contributed by atoms with Gasteiger partial charge in [-0.3, -0.25) is 4.90 Å². The van der Waals surface area contributed by atoms with E-state index in [1.807, 2.05) is 0 Å². The van der Waals surface area contributed by atoms with Crippen LogP contribution in [-0.4, -0.2) is 37.7 Å². The number of ether oxygens (including phenoxy) is 1. The second-order valence-corrected chi connectivity index (χ2v) is 11.0. The van der Waals surface area contributed by atoms with E-state index in [1.165, 1.54) is 4.90 Å². The summed E-state index contributed by atoms with van der Waals surface area (Å²) >= 11 is 0. The highest BCUT2D eigenvalue weighted by molar-refractivity contribution is 7.88. The zero-order chi connectivity index (χ0) is 27.8. The van der Waals surface area contributed by atoms with Gasteiger partial charge in [-0.1, -0.05) is 18.2 Å². The summed E-state index contributed by atoms with van der Waals surface area (Å²) in [5.41, 5.74) is -2.80. The van der Waals surface area contributed by atoms with E-state index < -0.39 is 63.9 Å². The van der Waals surface area contributed by atoms with Crippen molar-refractivity contribution >= 4 is 21.8 Å². The number of benzene rings is 2. The molecular formula is C24H26F6N2O4S. The molecule has 3 rings (SSSR count). The minimum absolute atomic E-state index is 0.00650. The zero-order valence-corrected chi connectivity index (χ0v) is 21.0. The summed E-state index contributed by atoms with van der Waals surface area (Å²) in [4.78, 5) is 14.1. The number of para-hydroxylation sites is 1. The molecule has 204 valence electrons. The largest absolute Gasteiger partial charge is 0.446 e. The van der Waals surface area contributed by atoms with Gasteiger partial charge in [0.1, 0.15) is 0 Å². The van der Waals surface area contributed by atoms with Crippen LogP contribution in [0.2, 0.25) is 0 Å². The second kappa shape index (κ2) is 10.5. The molecule has 1 atom stereocenters. The number of carbonyl (C=O) groups is 1. The number of carbonyl (C=O) groups excluding carboxylic acids is 1. The van der Waals surface area contributed by atoms with Crippen LogP contribution in [0.1, 0.15) is 55.0 Å². The average Bonchev–Trinajstić information content (AvgIpc) is 2.94. The summed E-state index contributed by atoms with van der Waals surface area (Å²) in [5, 5.41) is 0. The van der Waals surface area contributed by atoms with Crippen LogP contribution < -0.4 is 4.90 Å². The monoisotopic (exact) mass is 552 g/mol. The van der Waals surface area contributed by atoms with E-state index in [9.17, 15) is 39.6 Å². The third-order valence-corrected chi connectivity index (χ3v) is 7.00. The van der Waals surface area contributed by atoms with Crippen LogP contribution in [0.25, 0.3) is 0 Å². The lowest BCUT2D eigenvalue weighted by Gasteiger charge is -2.31. The van der Waals surface area contributed by atoms with Crippen LogP contribution in [0.4, 0.5) is 36.8 Å². The fourth-order valence-corrected chi connectivity index (χ4v) is 5.30. The fraction of sp³-hybridized carbons (Fsp3) is 0.458. The summed E-state index contributed by atoms with van der Waals surface area (Å²) in [6.45, 7) is 2.78. The maximum Gasteiger partial charge on any atom is 0.416 e. The first-order chi connectivity index (χ1) is 17.0. The molecule has 1 heterocycles. The molecule has 0 saturated carbocycles. The van der Waals surface area contributed by atoms with Crippen molar-refractivity contribution in [1.29, 1.82) is 0 Å². The van der Waals surface area contributed by atoms with Gasteiger partial charge in [-0.2, -0.15) is 30.6 Å². The van der Waals surface area contributed by atoms with Crippen molar-refractivity contribution in [2.75, 3.05) is 17.7 Å². The number of halogens is 6. The van der Waals surface area contributed by atoms with Crippen molar-refractivity contribution in [1.82, 2.24) is 4.31 Å². The number of anilines is 1. The van der Waals surface area contributed by atoms with Crippen LogP contribution in [0.15, 0.2) is 42.5 Å². The maximum absolute atomic E-state index is 13.4. The molecule has 2 aromatic rings. The molecule has 1 aliphatic heterocycles. The van der Waals surface area contributed by atoms with Crippen LogP contribution in [0.3, 0.4) is 0 Å². The Labute approximate surface area is 210 Å². The molecule has 0 N–H and O–H groups in total. The quantitative estimate of drug-likeness (QED) is 0.404. The summed E-state index contributed by atoms with van der Waals surface area (Å²) in [6.07, 6.45) is -9.91. The predicted molar refractivity (Wildman–Crippen MR) is 124 cm³/mol. The van der Waals surface area contributed by atoms with E-state index in [1.54, 1.807) is 38.1 Å². The Morgan fingerprint density at radius 1 is 1.05 bits per heavy atom. The van der Waals surface area contributed by atoms with Gasteiger partial charge in [0.05, 0.1) is 35.2 Å². The Hall–Kier alpha value is -2.80. The highest BCUT2D eigenvalue weighted by atomic mass is 32.2. The molecule has 1 amide bonds. The minimum atomic E-state index is -5.07. The summed E-state index contributed by atoms with van der Waals surface area (Å²) in [6, 6.07) is 6.47. The lowest BCUT2D eigenvalue weighted by atomic mass is 10.00. The van der Waals surface area contributed by atoms with Gasteiger partial charge in [-0.05, 0) is 62.1 Å². The Kier molecular flexibility index (Phi) is 8.18. The van der Waals surface area contributed by atoms with Crippen molar-refractivity contribution in [3.63, 3.8) is 0 Å². The zero-order valence-electron chi connectivity index (χ0n) is 20.2. The summed E-state index contributed by atoms with van der Waals surface area (Å²) in [5.74, 6) is 0. The molecule has 0 saturated heterocycles. The molecule has 0 radical (unpaired) electrons. The number of amides is 1. The van der Waals surface area contributed by atoms with Gasteiger partial charge in [0, 0.05) is 13.1 Å². The number of sulfonamides is 1. The Balaban J connectivity index is 2.10. The Morgan fingerprint density at radius 2 is 1.62 bits per heavy atom. The van der Waals surface area contributed by atoms with Crippen molar-refractivity contribution < 1.29 is 44.3 Å². The lowest BCUT2D eigenvalue weighted by molar-refractivity contribution is -0.143. The standard InChI is InChI=1S/C24H26F6N2O4S/c1-15(2)36-22(33)31-10-6-9-21(19-7-4-5-8-20(19)31)32(37(3,34)35)14-16-11-17(23(25,26)27)13-18(12-16)24(28,29)30/h4-5,7-8,11-13,15,21H,6,9-10,14H2,1-3H3. The normalized spacial score (nSPS) is 17.1. The number of hydrogen-bond acceptors (Lipinski definition) is 4. The molecule has 0 bridgehead atoms. The second-order valence-electron chi connectivity index (χ2n) is 9.02. The topological polar surface area (TPSA) is 66.9 Å². The van der Waals surface area contributed by atoms with Gasteiger partial charge in [0.25, 0.3) is 0 Å². The van der Waals surface area contributed by atoms with Gasteiger partial charge < -0.3 is 4.74 Å². The Bertz CT molecular complexity index is 1210. The molecule has 0 aliphatic carbocycles. The first kappa shape index (κ1) is 28.8. The van der Waals surface area contributed by atoms with Gasteiger partial charge in [-0.15, -0.1) is 0 Å². The molecule has 1 aliphatic rings. The number of alkyl halides is 6. The molecule has 1 unspecified atom stereocenters. The van der Waals surface area contributed by atoms with E-state index >= 15 is 0 Å². The molecular weight excluding hydrogens is 526 g/mol. The molecule has 0 fully saturated rings. The molecule has 0 aromatic heterocycles. The molecule has 37 heavy (non-hydrogen) atoms. The lowest BCUT2D eigenvalue weighted by Crippen LogP contribution is -2.35. The van der Waals surface area contributed by atoms with E-state index in [2.05, 4.69) is 0 Å². The van der Waals surface area contributed by atoms with E-state index in [-0.39, 0.29) is 19.0 Å². The third-order valence-electron chi connectivity index (χ3n) is 5.76. The van der Waals surface area contributed by atoms with Gasteiger partial charge in [0.2, 0.25) is 10.0 Å². The van der Waals surface area contributed by atoms with Crippen LogP contribution in [0, 0.1) is 0 Å². The van der Waals surface area contributed by atoms with Crippen LogP contribution in [0.5, 0.6) is 0 Å². The first-order valence-electron chi connectivity index (χ1n) is 11.3. The minimum Gasteiger partial charge on any atom is -0.446 e. The van der Waals surface area contributed by atoms with E-state index in [0.29, 0.717) is 29.8 Å². The van der Waals surface area contributed by atoms with Gasteiger partial charge in [-0.25, -0.2) is 13.2 Å². The first-order valence-corrected chi connectivity index (χ1v) is 13.2. The molecule has 2 aromatic carbocycles.